The molecule has 1 N–H and O–H groups in total. The van der Waals surface area contributed by atoms with Gasteiger partial charge >= 0.3 is 0 Å². The molecule has 0 saturated carbocycles. The Hall–Kier alpha value is -1.48. The van der Waals surface area contributed by atoms with Crippen molar-refractivity contribution < 1.29 is 23.9 Å². The summed E-state index contributed by atoms with van der Waals surface area (Å²) in [6.07, 6.45) is -0.295. The molecular formula is C14H20N2O6. The van der Waals surface area contributed by atoms with Crippen LogP contribution in [-0.2, 0) is 16.0 Å². The average molecular weight is 312 g/mol. The third-order valence-corrected chi connectivity index (χ3v) is 4.09. The minimum atomic E-state index is -0.855. The third kappa shape index (κ3) is 3.00. The molecule has 8 heteroatoms. The van der Waals surface area contributed by atoms with Crippen LogP contribution in [0.2, 0.25) is 0 Å². The van der Waals surface area contributed by atoms with Gasteiger partial charge in [0.25, 0.3) is 0 Å². The lowest BCUT2D eigenvalue weighted by Gasteiger charge is -2.41. The Bertz CT molecular complexity index is 531. The molecule has 2 saturated heterocycles. The highest BCUT2D eigenvalue weighted by Gasteiger charge is 2.54. The number of nitrogens with zero attached hydrogens (tertiary/aromatic N) is 2. The molecule has 0 spiro atoms. The SMILES string of the molecule is CC1(C)O[C@@H]2[C@H](O1)[C@H](O)CN(Cc1ccco1)[C@H]2C[N+](=O)[O-]. The largest absolute Gasteiger partial charge is 0.468 e. The van der Waals surface area contributed by atoms with Crippen LogP contribution < -0.4 is 0 Å². The highest BCUT2D eigenvalue weighted by molar-refractivity contribution is 5.04. The van der Waals surface area contributed by atoms with Crippen LogP contribution >= 0.6 is 0 Å². The Morgan fingerprint density at radius 2 is 2.18 bits per heavy atom. The predicted molar refractivity (Wildman–Crippen MR) is 74.6 cm³/mol. The van der Waals surface area contributed by atoms with Gasteiger partial charge in [0.1, 0.15) is 24.0 Å². The fraction of sp³-hybridized carbons (Fsp3) is 0.714. The summed E-state index contributed by atoms with van der Waals surface area (Å²) in [5, 5.41) is 21.4. The van der Waals surface area contributed by atoms with E-state index < -0.39 is 30.1 Å². The second kappa shape index (κ2) is 5.62. The zero-order chi connectivity index (χ0) is 15.9. The lowest BCUT2D eigenvalue weighted by Crippen LogP contribution is -2.61. The highest BCUT2D eigenvalue weighted by Crippen LogP contribution is 2.37. The van der Waals surface area contributed by atoms with E-state index in [2.05, 4.69) is 0 Å². The fourth-order valence-corrected chi connectivity index (χ4v) is 3.26. The van der Waals surface area contributed by atoms with Crippen molar-refractivity contribution in [1.29, 1.82) is 0 Å². The van der Waals surface area contributed by atoms with Crippen LogP contribution in [0.15, 0.2) is 22.8 Å². The zero-order valence-electron chi connectivity index (χ0n) is 12.5. The molecular weight excluding hydrogens is 292 g/mol. The lowest BCUT2D eigenvalue weighted by molar-refractivity contribution is -0.490. The summed E-state index contributed by atoms with van der Waals surface area (Å²) in [5.41, 5.74) is 0. The summed E-state index contributed by atoms with van der Waals surface area (Å²) in [7, 11) is 0. The molecule has 3 rings (SSSR count). The van der Waals surface area contributed by atoms with Gasteiger partial charge in [-0.3, -0.25) is 15.0 Å². The molecule has 122 valence electrons. The van der Waals surface area contributed by atoms with Crippen molar-refractivity contribution in [2.24, 2.45) is 0 Å². The minimum Gasteiger partial charge on any atom is -0.468 e. The van der Waals surface area contributed by atoms with Crippen molar-refractivity contribution in [3.8, 4) is 0 Å². The van der Waals surface area contributed by atoms with Gasteiger partial charge in [0.15, 0.2) is 5.79 Å². The number of rotatable bonds is 4. The molecule has 3 heterocycles. The van der Waals surface area contributed by atoms with E-state index in [0.29, 0.717) is 12.3 Å². The van der Waals surface area contributed by atoms with Crippen molar-refractivity contribution >= 4 is 0 Å². The van der Waals surface area contributed by atoms with E-state index >= 15 is 0 Å². The number of likely N-dealkylation sites (tertiary alicyclic amines) is 1. The molecule has 2 fully saturated rings. The number of hydrogen-bond donors (Lipinski definition) is 1. The smallest absolute Gasteiger partial charge is 0.221 e. The number of piperidine rings is 1. The molecule has 8 nitrogen and oxygen atoms in total. The molecule has 0 amide bonds. The van der Waals surface area contributed by atoms with E-state index in [1.54, 1.807) is 32.2 Å². The van der Waals surface area contributed by atoms with Crippen molar-refractivity contribution in [2.75, 3.05) is 13.1 Å². The number of fused-ring (bicyclic) bond motifs is 1. The second-order valence-corrected chi connectivity index (χ2v) is 6.22. The Balaban J connectivity index is 1.83. The number of nitro groups is 1. The van der Waals surface area contributed by atoms with E-state index in [9.17, 15) is 15.2 Å². The van der Waals surface area contributed by atoms with Gasteiger partial charge in [-0.25, -0.2) is 0 Å². The molecule has 1 aromatic rings. The van der Waals surface area contributed by atoms with Crippen molar-refractivity contribution in [1.82, 2.24) is 4.90 Å². The number of hydrogen-bond acceptors (Lipinski definition) is 7. The van der Waals surface area contributed by atoms with Crippen LogP contribution in [0.4, 0.5) is 0 Å². The van der Waals surface area contributed by atoms with Crippen LogP contribution in [0.5, 0.6) is 0 Å². The minimum absolute atomic E-state index is 0.270. The Morgan fingerprint density at radius 3 is 2.82 bits per heavy atom. The summed E-state index contributed by atoms with van der Waals surface area (Å²) in [5.74, 6) is -0.163. The lowest BCUT2D eigenvalue weighted by atomic mass is 9.93. The maximum atomic E-state index is 11.0. The summed E-state index contributed by atoms with van der Waals surface area (Å²) in [4.78, 5) is 12.5. The standard InChI is InChI=1S/C14H20N2O6/c1-14(2)21-12-10(7-16(18)19)15(6-9-4-3-5-20-9)8-11(17)13(12)22-14/h3-5,10-13,17H,6-8H2,1-2H3/t10-,11+,12-,13+/m0/s1. The fourth-order valence-electron chi connectivity index (χ4n) is 3.26. The summed E-state index contributed by atoms with van der Waals surface area (Å²) < 4.78 is 16.9. The summed E-state index contributed by atoms with van der Waals surface area (Å²) in [6, 6.07) is 3.09. The highest BCUT2D eigenvalue weighted by atomic mass is 16.8. The number of β-amino-alcohol motifs (C(OH)–C–C–N with tert-alkyl or cyclic N) is 1. The van der Waals surface area contributed by atoms with Crippen molar-refractivity contribution in [3.63, 3.8) is 0 Å². The summed E-state index contributed by atoms with van der Waals surface area (Å²) in [6.45, 7) is 3.89. The Labute approximate surface area is 127 Å². The molecule has 0 bridgehead atoms. The van der Waals surface area contributed by atoms with Crippen LogP contribution in [0.25, 0.3) is 0 Å². The first-order chi connectivity index (χ1) is 10.4. The van der Waals surface area contributed by atoms with Gasteiger partial charge in [-0.1, -0.05) is 0 Å². The first-order valence-electron chi connectivity index (χ1n) is 7.28. The average Bonchev–Trinajstić information content (AvgIpc) is 3.01. The molecule has 2 aliphatic rings. The molecule has 0 unspecified atom stereocenters. The summed E-state index contributed by atoms with van der Waals surface area (Å²) >= 11 is 0. The van der Waals surface area contributed by atoms with Crippen LogP contribution in [0.1, 0.15) is 19.6 Å². The topological polar surface area (TPSA) is 98.2 Å². The van der Waals surface area contributed by atoms with Gasteiger partial charge in [-0.05, 0) is 26.0 Å². The quantitative estimate of drug-likeness (QED) is 0.643. The monoisotopic (exact) mass is 312 g/mol. The molecule has 4 atom stereocenters. The van der Waals surface area contributed by atoms with Gasteiger partial charge in [-0.2, -0.15) is 0 Å². The number of aliphatic hydroxyl groups excluding tert-OH is 1. The number of ether oxygens (including phenoxy) is 2. The Morgan fingerprint density at radius 1 is 1.45 bits per heavy atom. The number of furan rings is 1. The van der Waals surface area contributed by atoms with Crippen molar-refractivity contribution in [2.45, 2.75) is 50.5 Å². The molecule has 0 aromatic carbocycles. The maximum Gasteiger partial charge on any atom is 0.221 e. The third-order valence-electron chi connectivity index (χ3n) is 4.09. The maximum absolute atomic E-state index is 11.0. The van der Waals surface area contributed by atoms with E-state index in [4.69, 9.17) is 13.9 Å². The first kappa shape index (κ1) is 15.4. The second-order valence-electron chi connectivity index (χ2n) is 6.22. The van der Waals surface area contributed by atoms with Crippen LogP contribution in [0, 0.1) is 10.1 Å². The normalized spacial score (nSPS) is 34.5. The van der Waals surface area contributed by atoms with Gasteiger partial charge < -0.3 is 19.0 Å². The molecule has 2 aliphatic heterocycles. The zero-order valence-corrected chi connectivity index (χ0v) is 12.5. The van der Waals surface area contributed by atoms with Gasteiger partial charge in [0.05, 0.1) is 18.9 Å². The molecule has 1 aromatic heterocycles. The molecule has 0 aliphatic carbocycles. The van der Waals surface area contributed by atoms with Gasteiger partial charge in [-0.15, -0.1) is 0 Å². The Kier molecular flexibility index (Phi) is 3.94. The van der Waals surface area contributed by atoms with E-state index in [-0.39, 0.29) is 18.0 Å². The van der Waals surface area contributed by atoms with Crippen LogP contribution in [-0.4, -0.2) is 58.2 Å². The van der Waals surface area contributed by atoms with E-state index in [1.165, 1.54) is 0 Å². The number of aliphatic hydroxyl groups is 1. The first-order valence-corrected chi connectivity index (χ1v) is 7.28. The van der Waals surface area contributed by atoms with Gasteiger partial charge in [0, 0.05) is 11.5 Å². The predicted octanol–water partition coefficient (Wildman–Crippen LogP) is 0.621. The molecule has 0 radical (unpaired) electrons. The van der Waals surface area contributed by atoms with Crippen molar-refractivity contribution in [3.05, 3.63) is 34.3 Å². The molecule has 22 heavy (non-hydrogen) atoms. The van der Waals surface area contributed by atoms with E-state index in [0.717, 1.165) is 0 Å². The van der Waals surface area contributed by atoms with Gasteiger partial charge in [0.2, 0.25) is 6.54 Å². The van der Waals surface area contributed by atoms with Crippen LogP contribution in [0.3, 0.4) is 0 Å². The van der Waals surface area contributed by atoms with E-state index in [1.807, 2.05) is 4.90 Å².